The number of rotatable bonds is 6. The molecule has 2 atom stereocenters. The summed E-state index contributed by atoms with van der Waals surface area (Å²) in [5.74, 6) is -1.24. The second-order valence-corrected chi connectivity index (χ2v) is 6.38. The first-order chi connectivity index (χ1) is 12.1. The molecule has 2 aliphatic rings. The van der Waals surface area contributed by atoms with Crippen LogP contribution in [0.4, 0.5) is 0 Å². The molecular formula is C18H18ClNO5. The van der Waals surface area contributed by atoms with Gasteiger partial charge in [0.15, 0.2) is 0 Å². The van der Waals surface area contributed by atoms with Crippen molar-refractivity contribution in [1.29, 1.82) is 0 Å². The van der Waals surface area contributed by atoms with Crippen molar-refractivity contribution >= 4 is 29.4 Å². The van der Waals surface area contributed by atoms with Crippen molar-refractivity contribution in [3.63, 3.8) is 0 Å². The maximum absolute atomic E-state index is 12.3. The Bertz CT molecular complexity index is 674. The second kappa shape index (κ2) is 7.70. The Kier molecular flexibility index (Phi) is 5.38. The van der Waals surface area contributed by atoms with Crippen molar-refractivity contribution in [3.05, 3.63) is 41.4 Å². The first kappa shape index (κ1) is 17.5. The van der Waals surface area contributed by atoms with E-state index in [-0.39, 0.29) is 43.4 Å². The number of halogens is 1. The van der Waals surface area contributed by atoms with Crippen LogP contribution in [0, 0.1) is 11.8 Å². The van der Waals surface area contributed by atoms with Crippen molar-refractivity contribution in [2.75, 3.05) is 19.8 Å². The highest BCUT2D eigenvalue weighted by atomic mass is 35.5. The van der Waals surface area contributed by atoms with Gasteiger partial charge in [0.2, 0.25) is 11.8 Å². The fourth-order valence-corrected chi connectivity index (χ4v) is 3.17. The third-order valence-corrected chi connectivity index (χ3v) is 4.57. The number of esters is 1. The quantitative estimate of drug-likeness (QED) is 0.335. The Labute approximate surface area is 150 Å². The van der Waals surface area contributed by atoms with E-state index in [9.17, 15) is 14.4 Å². The Hall–Kier alpha value is -2.34. The van der Waals surface area contributed by atoms with E-state index in [4.69, 9.17) is 21.1 Å². The van der Waals surface area contributed by atoms with Gasteiger partial charge in [-0.25, -0.2) is 0 Å². The van der Waals surface area contributed by atoms with Crippen LogP contribution in [0.25, 0.3) is 0 Å². The molecule has 3 rings (SSSR count). The van der Waals surface area contributed by atoms with Crippen LogP contribution < -0.4 is 4.74 Å². The number of carbonyl (C=O) groups is 3. The summed E-state index contributed by atoms with van der Waals surface area (Å²) in [5.41, 5.74) is 0. The summed E-state index contributed by atoms with van der Waals surface area (Å²) in [6, 6.07) is 6.81. The Morgan fingerprint density at radius 3 is 2.24 bits per heavy atom. The molecule has 0 unspecified atom stereocenters. The smallest absolute Gasteiger partial charge is 0.326 e. The maximum atomic E-state index is 12.3. The zero-order chi connectivity index (χ0) is 17.8. The van der Waals surface area contributed by atoms with Crippen molar-refractivity contribution < 1.29 is 23.9 Å². The zero-order valence-electron chi connectivity index (χ0n) is 13.5. The molecule has 6 nitrogen and oxygen atoms in total. The van der Waals surface area contributed by atoms with E-state index >= 15 is 0 Å². The molecule has 1 aliphatic heterocycles. The molecule has 0 radical (unpaired) electrons. The van der Waals surface area contributed by atoms with Gasteiger partial charge >= 0.3 is 5.97 Å². The Balaban J connectivity index is 1.42. The number of fused-ring (bicyclic) bond motifs is 1. The molecule has 7 heteroatoms. The van der Waals surface area contributed by atoms with Gasteiger partial charge in [0, 0.05) is 5.02 Å². The number of imide groups is 1. The van der Waals surface area contributed by atoms with Crippen LogP contribution in [0.5, 0.6) is 5.75 Å². The highest BCUT2D eigenvalue weighted by Crippen LogP contribution is 2.34. The number of allylic oxidation sites excluding steroid dienone is 2. The predicted molar refractivity (Wildman–Crippen MR) is 90.0 cm³/mol. The number of benzene rings is 1. The van der Waals surface area contributed by atoms with Gasteiger partial charge in [0.05, 0.1) is 11.8 Å². The van der Waals surface area contributed by atoms with Crippen molar-refractivity contribution in [3.8, 4) is 5.75 Å². The molecule has 0 saturated carbocycles. The summed E-state index contributed by atoms with van der Waals surface area (Å²) in [7, 11) is 0. The number of ether oxygens (including phenoxy) is 2. The lowest BCUT2D eigenvalue weighted by molar-refractivity contribution is -0.153. The first-order valence-electron chi connectivity index (χ1n) is 8.10. The minimum Gasteiger partial charge on any atom is -0.490 e. The summed E-state index contributed by atoms with van der Waals surface area (Å²) in [6.07, 6.45) is 4.91. The van der Waals surface area contributed by atoms with Crippen LogP contribution in [0.15, 0.2) is 36.4 Å². The van der Waals surface area contributed by atoms with Gasteiger partial charge in [-0.2, -0.15) is 0 Å². The number of likely N-dealkylation sites (tertiary alicyclic amines) is 1. The normalized spacial score (nSPS) is 22.0. The first-order valence-corrected chi connectivity index (χ1v) is 8.48. The Morgan fingerprint density at radius 2 is 1.64 bits per heavy atom. The summed E-state index contributed by atoms with van der Waals surface area (Å²) >= 11 is 5.78. The largest absolute Gasteiger partial charge is 0.490 e. The van der Waals surface area contributed by atoms with Crippen LogP contribution in [0.2, 0.25) is 5.02 Å². The molecule has 1 aromatic carbocycles. The van der Waals surface area contributed by atoms with E-state index in [0.717, 1.165) is 4.90 Å². The number of carbonyl (C=O) groups excluding carboxylic acids is 3. The van der Waals surface area contributed by atoms with E-state index in [1.54, 1.807) is 24.3 Å². The van der Waals surface area contributed by atoms with E-state index in [1.807, 2.05) is 12.2 Å². The van der Waals surface area contributed by atoms with Gasteiger partial charge in [0.25, 0.3) is 0 Å². The minimum atomic E-state index is -0.618. The molecule has 2 amide bonds. The lowest BCUT2D eigenvalue weighted by atomic mass is 9.85. The number of amides is 2. The molecule has 0 bridgehead atoms. The maximum Gasteiger partial charge on any atom is 0.326 e. The van der Waals surface area contributed by atoms with E-state index in [1.165, 1.54) is 0 Å². The van der Waals surface area contributed by atoms with Crippen LogP contribution in [-0.2, 0) is 19.1 Å². The number of hydrogen-bond donors (Lipinski definition) is 0. The standard InChI is InChI=1S/C18H18ClNO5/c19-12-5-7-13(8-6-12)24-9-10-25-16(21)11-20-17(22)14-3-1-2-4-15(14)18(20)23/h1-2,5-8,14-15H,3-4,9-11H2/t14-,15-/m0/s1. The number of hydrogen-bond acceptors (Lipinski definition) is 5. The van der Waals surface area contributed by atoms with Crippen molar-refractivity contribution in [2.24, 2.45) is 11.8 Å². The summed E-state index contributed by atoms with van der Waals surface area (Å²) in [4.78, 5) is 37.4. The number of nitrogens with zero attached hydrogens (tertiary/aromatic N) is 1. The molecule has 1 saturated heterocycles. The third-order valence-electron chi connectivity index (χ3n) is 4.31. The van der Waals surface area contributed by atoms with Gasteiger partial charge in [-0.15, -0.1) is 0 Å². The van der Waals surface area contributed by atoms with Crippen LogP contribution in [0.3, 0.4) is 0 Å². The monoisotopic (exact) mass is 363 g/mol. The fourth-order valence-electron chi connectivity index (χ4n) is 3.05. The zero-order valence-corrected chi connectivity index (χ0v) is 14.3. The second-order valence-electron chi connectivity index (χ2n) is 5.94. The average Bonchev–Trinajstić information content (AvgIpc) is 2.86. The minimum absolute atomic E-state index is 0.0338. The molecule has 1 aliphatic carbocycles. The highest BCUT2D eigenvalue weighted by molar-refractivity contribution is 6.30. The van der Waals surface area contributed by atoms with Gasteiger partial charge in [0.1, 0.15) is 25.5 Å². The summed E-state index contributed by atoms with van der Waals surface area (Å²) < 4.78 is 10.5. The van der Waals surface area contributed by atoms with Crippen molar-refractivity contribution in [1.82, 2.24) is 4.90 Å². The molecule has 1 aromatic rings. The topological polar surface area (TPSA) is 72.9 Å². The van der Waals surface area contributed by atoms with E-state index in [0.29, 0.717) is 23.6 Å². The fraction of sp³-hybridized carbons (Fsp3) is 0.389. The highest BCUT2D eigenvalue weighted by Gasteiger charge is 2.47. The molecule has 0 aromatic heterocycles. The van der Waals surface area contributed by atoms with Crippen LogP contribution in [-0.4, -0.2) is 42.4 Å². The molecule has 0 N–H and O–H groups in total. The summed E-state index contributed by atoms with van der Waals surface area (Å²) in [5, 5.41) is 0.606. The van der Waals surface area contributed by atoms with Gasteiger partial charge in [-0.3, -0.25) is 19.3 Å². The lowest BCUT2D eigenvalue weighted by Gasteiger charge is -2.14. The molecule has 0 spiro atoms. The molecular weight excluding hydrogens is 346 g/mol. The molecule has 1 heterocycles. The van der Waals surface area contributed by atoms with Crippen LogP contribution in [0.1, 0.15) is 12.8 Å². The van der Waals surface area contributed by atoms with Gasteiger partial charge in [-0.05, 0) is 37.1 Å². The third kappa shape index (κ3) is 4.02. The van der Waals surface area contributed by atoms with Crippen molar-refractivity contribution in [2.45, 2.75) is 12.8 Å². The lowest BCUT2D eigenvalue weighted by Crippen LogP contribution is -2.37. The molecule has 1 fully saturated rings. The average molecular weight is 364 g/mol. The van der Waals surface area contributed by atoms with E-state index < -0.39 is 5.97 Å². The molecule has 132 valence electrons. The summed E-state index contributed by atoms with van der Waals surface area (Å²) in [6.45, 7) is -0.137. The van der Waals surface area contributed by atoms with Gasteiger partial charge < -0.3 is 9.47 Å². The predicted octanol–water partition coefficient (Wildman–Crippen LogP) is 2.21. The van der Waals surface area contributed by atoms with E-state index in [2.05, 4.69) is 0 Å². The Morgan fingerprint density at radius 1 is 1.04 bits per heavy atom. The van der Waals surface area contributed by atoms with Crippen LogP contribution >= 0.6 is 11.6 Å². The SMILES string of the molecule is O=C(CN1C(=O)[C@H]2CC=CC[C@@H]2C1=O)OCCOc1ccc(Cl)cc1. The molecule has 25 heavy (non-hydrogen) atoms. The van der Waals surface area contributed by atoms with Gasteiger partial charge in [-0.1, -0.05) is 23.8 Å².